The van der Waals surface area contributed by atoms with Crippen molar-refractivity contribution >= 4 is 17.5 Å². The molecule has 2 fully saturated rings. The van der Waals surface area contributed by atoms with E-state index in [1.54, 1.807) is 17.0 Å². The summed E-state index contributed by atoms with van der Waals surface area (Å²) in [5.74, 6) is -0.656. The van der Waals surface area contributed by atoms with Crippen molar-refractivity contribution < 1.29 is 18.7 Å². The Balaban J connectivity index is 1.40. The minimum Gasteiger partial charge on any atom is -0.376 e. The lowest BCUT2D eigenvalue weighted by Gasteiger charge is -2.36. The van der Waals surface area contributed by atoms with E-state index in [-0.39, 0.29) is 30.2 Å². The highest BCUT2D eigenvalue weighted by molar-refractivity contribution is 5.97. The number of nitrogens with one attached hydrogen (secondary N) is 1. The average Bonchev–Trinajstić information content (AvgIpc) is 3.14. The lowest BCUT2D eigenvalue weighted by molar-refractivity contribution is -0.136. The number of carbonyl (C=O) groups excluding carboxylic acids is 2. The molecule has 6 nitrogen and oxygen atoms in total. The first-order chi connectivity index (χ1) is 12.1. The van der Waals surface area contributed by atoms with Crippen LogP contribution in [0, 0.1) is 5.82 Å². The standard InChI is InChI=1S/C18H24FN3O3/c19-14-3-5-15(6-4-14)21-7-9-22(10-8-21)18(24)12-17(23)20-13-16-2-1-11-25-16/h3-6,16H,1-2,7-13H2,(H,20,23). The third kappa shape index (κ3) is 4.92. The maximum atomic E-state index is 13.0. The topological polar surface area (TPSA) is 61.9 Å². The fraction of sp³-hybridized carbons (Fsp3) is 0.556. The van der Waals surface area contributed by atoms with Crippen LogP contribution in [0.15, 0.2) is 24.3 Å². The number of rotatable bonds is 5. The Morgan fingerprint density at radius 2 is 1.88 bits per heavy atom. The summed E-state index contributed by atoms with van der Waals surface area (Å²) in [6.45, 7) is 3.70. The van der Waals surface area contributed by atoms with Gasteiger partial charge in [0.2, 0.25) is 11.8 Å². The van der Waals surface area contributed by atoms with Gasteiger partial charge in [0.25, 0.3) is 0 Å². The SMILES string of the molecule is O=C(CC(=O)N1CCN(c2ccc(F)cc2)CC1)NCC1CCCO1. The van der Waals surface area contributed by atoms with E-state index in [0.717, 1.165) is 25.1 Å². The van der Waals surface area contributed by atoms with Gasteiger partial charge in [0.05, 0.1) is 6.10 Å². The summed E-state index contributed by atoms with van der Waals surface area (Å²) in [6.07, 6.45) is 1.94. The molecule has 2 aliphatic rings. The molecule has 1 aromatic carbocycles. The quantitative estimate of drug-likeness (QED) is 0.811. The summed E-state index contributed by atoms with van der Waals surface area (Å²) < 4.78 is 18.4. The molecule has 2 amide bonds. The van der Waals surface area contributed by atoms with E-state index in [0.29, 0.717) is 32.7 Å². The van der Waals surface area contributed by atoms with Crippen molar-refractivity contribution in [3.63, 3.8) is 0 Å². The number of ether oxygens (including phenoxy) is 1. The fourth-order valence-electron chi connectivity index (χ4n) is 3.21. The van der Waals surface area contributed by atoms with E-state index in [4.69, 9.17) is 4.74 Å². The first kappa shape index (κ1) is 17.7. The molecule has 0 saturated carbocycles. The van der Waals surface area contributed by atoms with Gasteiger partial charge in [-0.3, -0.25) is 9.59 Å². The molecule has 0 radical (unpaired) electrons. The highest BCUT2D eigenvalue weighted by Gasteiger charge is 2.23. The molecule has 0 spiro atoms. The van der Waals surface area contributed by atoms with Gasteiger partial charge in [-0.2, -0.15) is 0 Å². The van der Waals surface area contributed by atoms with Crippen molar-refractivity contribution in [3.05, 3.63) is 30.1 Å². The smallest absolute Gasteiger partial charge is 0.232 e. The zero-order valence-corrected chi connectivity index (χ0v) is 14.2. The van der Waals surface area contributed by atoms with Crippen LogP contribution in [0.3, 0.4) is 0 Å². The summed E-state index contributed by atoms with van der Waals surface area (Å²) in [4.78, 5) is 28.0. The lowest BCUT2D eigenvalue weighted by Crippen LogP contribution is -2.49. The summed E-state index contributed by atoms with van der Waals surface area (Å²) in [6, 6.07) is 6.35. The number of nitrogens with zero attached hydrogens (tertiary/aromatic N) is 2. The van der Waals surface area contributed by atoms with Crippen molar-refractivity contribution in [1.29, 1.82) is 0 Å². The Morgan fingerprint density at radius 1 is 1.16 bits per heavy atom. The highest BCUT2D eigenvalue weighted by atomic mass is 19.1. The molecule has 0 aromatic heterocycles. The average molecular weight is 349 g/mol. The van der Waals surface area contributed by atoms with Crippen molar-refractivity contribution in [2.75, 3.05) is 44.2 Å². The molecular formula is C18H24FN3O3. The summed E-state index contributed by atoms with van der Waals surface area (Å²) >= 11 is 0. The highest BCUT2D eigenvalue weighted by Crippen LogP contribution is 2.17. The fourth-order valence-corrected chi connectivity index (χ4v) is 3.21. The number of anilines is 1. The van der Waals surface area contributed by atoms with Gasteiger partial charge in [-0.15, -0.1) is 0 Å². The van der Waals surface area contributed by atoms with Crippen LogP contribution >= 0.6 is 0 Å². The van der Waals surface area contributed by atoms with Crippen LogP contribution in [-0.2, 0) is 14.3 Å². The summed E-state index contributed by atoms with van der Waals surface area (Å²) in [5.41, 5.74) is 0.947. The number of hydrogen-bond donors (Lipinski definition) is 1. The molecule has 136 valence electrons. The molecule has 3 rings (SSSR count). The van der Waals surface area contributed by atoms with Gasteiger partial charge in [0, 0.05) is 45.0 Å². The van der Waals surface area contributed by atoms with Crippen LogP contribution in [0.1, 0.15) is 19.3 Å². The Labute approximate surface area is 146 Å². The van der Waals surface area contributed by atoms with Gasteiger partial charge >= 0.3 is 0 Å². The number of hydrogen-bond acceptors (Lipinski definition) is 4. The molecular weight excluding hydrogens is 325 g/mol. The Morgan fingerprint density at radius 3 is 2.52 bits per heavy atom. The van der Waals surface area contributed by atoms with Crippen LogP contribution in [-0.4, -0.2) is 62.1 Å². The van der Waals surface area contributed by atoms with E-state index < -0.39 is 0 Å². The molecule has 0 bridgehead atoms. The lowest BCUT2D eigenvalue weighted by atomic mass is 10.2. The molecule has 1 unspecified atom stereocenters. The first-order valence-corrected chi connectivity index (χ1v) is 8.78. The van der Waals surface area contributed by atoms with Gasteiger partial charge in [-0.1, -0.05) is 0 Å². The first-order valence-electron chi connectivity index (χ1n) is 8.78. The third-order valence-corrected chi connectivity index (χ3v) is 4.69. The molecule has 2 heterocycles. The van der Waals surface area contributed by atoms with Gasteiger partial charge in [0.15, 0.2) is 0 Å². The maximum absolute atomic E-state index is 13.0. The van der Waals surface area contributed by atoms with Gasteiger partial charge in [-0.25, -0.2) is 4.39 Å². The molecule has 1 atom stereocenters. The number of benzene rings is 1. The molecule has 1 aromatic rings. The second-order valence-electron chi connectivity index (χ2n) is 6.46. The second kappa shape index (κ2) is 8.29. The van der Waals surface area contributed by atoms with E-state index in [1.165, 1.54) is 12.1 Å². The van der Waals surface area contributed by atoms with Crippen molar-refractivity contribution in [1.82, 2.24) is 10.2 Å². The normalized spacial score (nSPS) is 20.6. The maximum Gasteiger partial charge on any atom is 0.232 e. The predicted octanol–water partition coefficient (Wildman–Crippen LogP) is 1.16. The van der Waals surface area contributed by atoms with Crippen molar-refractivity contribution in [2.45, 2.75) is 25.4 Å². The molecule has 7 heteroatoms. The van der Waals surface area contributed by atoms with Gasteiger partial charge in [-0.05, 0) is 37.1 Å². The summed E-state index contributed by atoms with van der Waals surface area (Å²) in [7, 11) is 0. The molecule has 25 heavy (non-hydrogen) atoms. The third-order valence-electron chi connectivity index (χ3n) is 4.69. The van der Waals surface area contributed by atoms with Crippen LogP contribution in [0.5, 0.6) is 0 Å². The number of amides is 2. The van der Waals surface area contributed by atoms with Crippen LogP contribution in [0.25, 0.3) is 0 Å². The van der Waals surface area contributed by atoms with E-state index in [1.807, 2.05) is 0 Å². The van der Waals surface area contributed by atoms with Crippen LogP contribution in [0.4, 0.5) is 10.1 Å². The molecule has 0 aliphatic carbocycles. The van der Waals surface area contributed by atoms with Gasteiger partial charge in [0.1, 0.15) is 12.2 Å². The number of carbonyl (C=O) groups is 2. The largest absolute Gasteiger partial charge is 0.376 e. The Hall–Kier alpha value is -2.15. The molecule has 2 saturated heterocycles. The number of halogens is 1. The van der Waals surface area contributed by atoms with E-state index in [9.17, 15) is 14.0 Å². The van der Waals surface area contributed by atoms with E-state index in [2.05, 4.69) is 10.2 Å². The van der Waals surface area contributed by atoms with Crippen LogP contribution < -0.4 is 10.2 Å². The molecule has 2 aliphatic heterocycles. The Bertz CT molecular complexity index is 594. The Kier molecular flexibility index (Phi) is 5.86. The zero-order valence-electron chi connectivity index (χ0n) is 14.2. The second-order valence-corrected chi connectivity index (χ2v) is 6.46. The predicted molar refractivity (Wildman–Crippen MR) is 91.8 cm³/mol. The van der Waals surface area contributed by atoms with Crippen molar-refractivity contribution in [2.24, 2.45) is 0 Å². The molecule has 1 N–H and O–H groups in total. The van der Waals surface area contributed by atoms with Crippen molar-refractivity contribution in [3.8, 4) is 0 Å². The van der Waals surface area contributed by atoms with Gasteiger partial charge < -0.3 is 19.9 Å². The monoisotopic (exact) mass is 349 g/mol. The van der Waals surface area contributed by atoms with E-state index >= 15 is 0 Å². The zero-order chi connectivity index (χ0) is 17.6. The minimum atomic E-state index is -0.258. The summed E-state index contributed by atoms with van der Waals surface area (Å²) in [5, 5.41) is 2.78. The number of piperazine rings is 1. The van der Waals surface area contributed by atoms with Crippen LogP contribution in [0.2, 0.25) is 0 Å². The minimum absolute atomic E-state index is 0.0818.